The van der Waals surface area contributed by atoms with Crippen LogP contribution in [-0.4, -0.2) is 18.0 Å². The van der Waals surface area contributed by atoms with Gasteiger partial charge in [-0.25, -0.2) is 0 Å². The average molecular weight is 341 g/mol. The minimum absolute atomic E-state index is 0. The van der Waals surface area contributed by atoms with Crippen molar-refractivity contribution < 1.29 is 58.2 Å². The second-order valence-corrected chi connectivity index (χ2v) is 5.46. The normalized spacial score (nSPS) is 24.4. The summed E-state index contributed by atoms with van der Waals surface area (Å²) in [6.45, 7) is 8.73. The second-order valence-electron chi connectivity index (χ2n) is 5.46. The Morgan fingerprint density at radius 3 is 2.50 bits per heavy atom. The molecule has 0 radical (unpaired) electrons. The summed E-state index contributed by atoms with van der Waals surface area (Å²) in [5.41, 5.74) is 4.29. The number of fused-ring (bicyclic) bond motifs is 2. The molecule has 0 aliphatic carbocycles. The van der Waals surface area contributed by atoms with Crippen molar-refractivity contribution in [2.45, 2.75) is 45.6 Å². The van der Waals surface area contributed by atoms with E-state index in [-0.39, 0.29) is 58.2 Å². The molecule has 0 amide bonds. The van der Waals surface area contributed by atoms with Gasteiger partial charge in [0, 0.05) is 12.1 Å². The molecule has 2 saturated heterocycles. The molecule has 0 N–H and O–H groups in total. The zero-order valence-electron chi connectivity index (χ0n) is 13.2. The van der Waals surface area contributed by atoms with Gasteiger partial charge < -0.3 is 4.98 Å². The van der Waals surface area contributed by atoms with Gasteiger partial charge in [-0.05, 0) is 36.8 Å². The fourth-order valence-electron chi connectivity index (χ4n) is 3.92. The van der Waals surface area contributed by atoms with Crippen LogP contribution in [0.4, 0.5) is 0 Å². The van der Waals surface area contributed by atoms with Crippen LogP contribution in [0.25, 0.3) is 10.9 Å². The van der Waals surface area contributed by atoms with E-state index in [0.717, 1.165) is 0 Å². The molecule has 1 aromatic heterocycles. The van der Waals surface area contributed by atoms with E-state index in [1.165, 1.54) is 54.5 Å². The van der Waals surface area contributed by atoms with Gasteiger partial charge in [-0.3, -0.25) is 4.90 Å². The number of para-hydroxylation sites is 1. The van der Waals surface area contributed by atoms with Gasteiger partial charge in [0.15, 0.2) is 0 Å². The molecular weight excluding hydrogens is 318 g/mol. The SMILES string of the molecule is CC.Cc1[n-]c2ccccc2c1C12CCCN1CC2.[Rb+]. The number of hydrogen-bond donors (Lipinski definition) is 0. The molecule has 2 aromatic rings. The maximum Gasteiger partial charge on any atom is 1.00 e. The summed E-state index contributed by atoms with van der Waals surface area (Å²) in [5, 5.41) is 1.39. The van der Waals surface area contributed by atoms with Crippen molar-refractivity contribution in [3.8, 4) is 0 Å². The Morgan fingerprint density at radius 1 is 1.10 bits per heavy atom. The topological polar surface area (TPSA) is 17.3 Å². The van der Waals surface area contributed by atoms with Crippen LogP contribution >= 0.6 is 0 Å². The summed E-state index contributed by atoms with van der Waals surface area (Å²) in [6, 6.07) is 8.61. The molecule has 102 valence electrons. The molecule has 0 saturated carbocycles. The number of aryl methyl sites for hydroxylation is 1. The van der Waals surface area contributed by atoms with Gasteiger partial charge in [0.1, 0.15) is 0 Å². The molecular formula is C17H23N2Rb. The van der Waals surface area contributed by atoms with Crippen LogP contribution in [-0.2, 0) is 5.54 Å². The molecule has 0 bridgehead atoms. The third-order valence-corrected chi connectivity index (χ3v) is 4.71. The Balaban J connectivity index is 0.000000471. The van der Waals surface area contributed by atoms with Crippen molar-refractivity contribution in [2.24, 2.45) is 0 Å². The first-order valence-electron chi connectivity index (χ1n) is 7.59. The Kier molecular flexibility index (Phi) is 5.69. The minimum atomic E-state index is 0. The Bertz CT molecular complexity index is 590. The van der Waals surface area contributed by atoms with E-state index in [1.54, 1.807) is 0 Å². The molecule has 3 heteroatoms. The summed E-state index contributed by atoms with van der Waals surface area (Å²) in [7, 11) is 0. The number of benzene rings is 1. The molecule has 1 aromatic carbocycles. The van der Waals surface area contributed by atoms with Gasteiger partial charge in [0.05, 0.1) is 0 Å². The Hall–Kier alpha value is 0.525. The van der Waals surface area contributed by atoms with Crippen molar-refractivity contribution in [3.05, 3.63) is 35.5 Å². The standard InChI is InChI=1S/C15H17N2.C2H6.Rb/c1-11-14(12-5-2-3-6-13(12)16-11)15-7-4-9-17(15)10-8-15;1-2;/h2-3,5-6H,4,7-10H2,1H3;1-2H3;/q-1;;+1. The minimum Gasteiger partial charge on any atom is -0.661 e. The summed E-state index contributed by atoms with van der Waals surface area (Å²) in [6.07, 6.45) is 3.99. The van der Waals surface area contributed by atoms with Crippen LogP contribution in [0.1, 0.15) is 44.4 Å². The number of nitrogens with zero attached hydrogens (tertiary/aromatic N) is 2. The van der Waals surface area contributed by atoms with E-state index >= 15 is 0 Å². The maximum absolute atomic E-state index is 4.74. The van der Waals surface area contributed by atoms with Crippen LogP contribution in [0.3, 0.4) is 0 Å². The fourth-order valence-corrected chi connectivity index (χ4v) is 3.92. The maximum atomic E-state index is 4.74. The van der Waals surface area contributed by atoms with Crippen LogP contribution in [0.5, 0.6) is 0 Å². The molecule has 0 spiro atoms. The van der Waals surface area contributed by atoms with Gasteiger partial charge in [-0.2, -0.15) is 5.69 Å². The fraction of sp³-hybridized carbons (Fsp3) is 0.529. The first-order valence-corrected chi connectivity index (χ1v) is 7.59. The van der Waals surface area contributed by atoms with Crippen LogP contribution in [0.15, 0.2) is 24.3 Å². The first kappa shape index (κ1) is 16.9. The van der Waals surface area contributed by atoms with Gasteiger partial charge in [-0.1, -0.05) is 45.0 Å². The average Bonchev–Trinajstić information content (AvgIpc) is 2.90. The molecule has 2 aliphatic rings. The van der Waals surface area contributed by atoms with E-state index in [0.29, 0.717) is 5.54 Å². The quantitative estimate of drug-likeness (QED) is 0.765. The van der Waals surface area contributed by atoms with E-state index in [4.69, 9.17) is 4.98 Å². The zero-order chi connectivity index (χ0) is 13.5. The van der Waals surface area contributed by atoms with E-state index in [2.05, 4.69) is 36.1 Å². The molecule has 1 unspecified atom stereocenters. The van der Waals surface area contributed by atoms with Crippen LogP contribution < -0.4 is 63.2 Å². The largest absolute Gasteiger partial charge is 1.00 e. The van der Waals surface area contributed by atoms with Crippen LogP contribution in [0, 0.1) is 6.92 Å². The monoisotopic (exact) mass is 340 g/mol. The summed E-state index contributed by atoms with van der Waals surface area (Å²) in [5.74, 6) is 0. The third-order valence-electron chi connectivity index (χ3n) is 4.71. The molecule has 2 nitrogen and oxygen atoms in total. The van der Waals surface area contributed by atoms with Gasteiger partial charge in [0.25, 0.3) is 0 Å². The number of aromatic nitrogens is 1. The van der Waals surface area contributed by atoms with Crippen molar-refractivity contribution >= 4 is 10.9 Å². The first-order chi connectivity index (χ1) is 9.31. The van der Waals surface area contributed by atoms with Crippen LogP contribution in [0.2, 0.25) is 0 Å². The molecule has 2 fully saturated rings. The van der Waals surface area contributed by atoms with E-state index in [1.807, 2.05) is 13.8 Å². The number of hydrogen-bond acceptors (Lipinski definition) is 1. The molecule has 2 aliphatic heterocycles. The van der Waals surface area contributed by atoms with Gasteiger partial charge in [-0.15, -0.1) is 5.52 Å². The predicted molar refractivity (Wildman–Crippen MR) is 80.5 cm³/mol. The van der Waals surface area contributed by atoms with Gasteiger partial charge in [0.2, 0.25) is 0 Å². The second kappa shape index (κ2) is 6.74. The van der Waals surface area contributed by atoms with E-state index < -0.39 is 0 Å². The molecule has 4 rings (SSSR count). The zero-order valence-corrected chi connectivity index (χ0v) is 18.2. The number of rotatable bonds is 1. The Labute approximate surface area is 171 Å². The predicted octanol–water partition coefficient (Wildman–Crippen LogP) is 0.830. The smallest absolute Gasteiger partial charge is 0.661 e. The van der Waals surface area contributed by atoms with Crippen molar-refractivity contribution in [1.82, 2.24) is 9.88 Å². The molecule has 1 atom stereocenters. The summed E-state index contributed by atoms with van der Waals surface area (Å²) >= 11 is 0. The third kappa shape index (κ3) is 2.42. The van der Waals surface area contributed by atoms with Crippen molar-refractivity contribution in [1.29, 1.82) is 0 Å². The Morgan fingerprint density at radius 2 is 1.85 bits per heavy atom. The molecule has 20 heavy (non-hydrogen) atoms. The van der Waals surface area contributed by atoms with E-state index in [9.17, 15) is 0 Å². The van der Waals surface area contributed by atoms with Crippen molar-refractivity contribution in [3.63, 3.8) is 0 Å². The van der Waals surface area contributed by atoms with Gasteiger partial charge >= 0.3 is 58.2 Å². The molecule has 3 heterocycles. The van der Waals surface area contributed by atoms with Crippen molar-refractivity contribution in [2.75, 3.05) is 13.1 Å². The summed E-state index contributed by atoms with van der Waals surface area (Å²) < 4.78 is 0. The summed E-state index contributed by atoms with van der Waals surface area (Å²) in [4.78, 5) is 7.40.